The molecule has 0 aromatic heterocycles. The molecule has 0 nitrogen and oxygen atoms in total. The van der Waals surface area contributed by atoms with Gasteiger partial charge in [0, 0.05) is 14.8 Å². The Morgan fingerprint density at radius 2 is 2.14 bits per heavy atom. The van der Waals surface area contributed by atoms with E-state index in [9.17, 15) is 0 Å². The van der Waals surface area contributed by atoms with Gasteiger partial charge in [0.2, 0.25) is 0 Å². The minimum absolute atomic E-state index is 0.675. The molecule has 0 spiro atoms. The molecule has 1 aromatic rings. The summed E-state index contributed by atoms with van der Waals surface area (Å²) in [5.41, 5.74) is 1.24. The first kappa shape index (κ1) is 12.5. The number of rotatable bonds is 4. The van der Waals surface area contributed by atoms with E-state index >= 15 is 0 Å². The van der Waals surface area contributed by atoms with E-state index in [0.717, 1.165) is 21.2 Å². The van der Waals surface area contributed by atoms with Crippen molar-refractivity contribution in [2.24, 2.45) is 5.92 Å². The average Bonchev–Trinajstić information content (AvgIpc) is 2.17. The maximum atomic E-state index is 6.14. The fraction of sp³-hybridized carbons (Fsp3) is 0.455. The Bertz CT molecular complexity index is 295. The van der Waals surface area contributed by atoms with Crippen LogP contribution in [-0.2, 0) is 6.42 Å². The normalized spacial score (nSPS) is 12.9. The molecule has 0 fully saturated rings. The van der Waals surface area contributed by atoms with Gasteiger partial charge in [-0.1, -0.05) is 62.9 Å². The average molecular weight is 340 g/mol. The molecule has 1 unspecified atom stereocenters. The zero-order valence-electron chi connectivity index (χ0n) is 8.06. The highest BCUT2D eigenvalue weighted by Crippen LogP contribution is 2.25. The van der Waals surface area contributed by atoms with Crippen LogP contribution >= 0.6 is 43.5 Å². The van der Waals surface area contributed by atoms with Crippen LogP contribution in [0, 0.1) is 5.92 Å². The molecule has 1 rings (SSSR count). The molecular formula is C11H13Br2Cl. The highest BCUT2D eigenvalue weighted by molar-refractivity contribution is 9.10. The van der Waals surface area contributed by atoms with Gasteiger partial charge in [-0.05, 0) is 30.0 Å². The molecule has 0 N–H and O–H groups in total. The minimum Gasteiger partial charge on any atom is -0.0925 e. The van der Waals surface area contributed by atoms with Crippen molar-refractivity contribution in [3.05, 3.63) is 33.3 Å². The Morgan fingerprint density at radius 1 is 1.43 bits per heavy atom. The fourth-order valence-corrected chi connectivity index (χ4v) is 2.74. The Hall–Kier alpha value is 0.470. The molecule has 0 aliphatic rings. The summed E-state index contributed by atoms with van der Waals surface area (Å²) < 4.78 is 1.04. The lowest BCUT2D eigenvalue weighted by molar-refractivity contribution is 0.574. The highest BCUT2D eigenvalue weighted by Gasteiger charge is 2.08. The molecule has 0 heterocycles. The lowest BCUT2D eigenvalue weighted by atomic mass is 9.99. The molecular weight excluding hydrogens is 327 g/mol. The van der Waals surface area contributed by atoms with Gasteiger partial charge in [0.1, 0.15) is 0 Å². The van der Waals surface area contributed by atoms with Gasteiger partial charge in [0.15, 0.2) is 0 Å². The molecule has 0 saturated carbocycles. The van der Waals surface area contributed by atoms with Crippen molar-refractivity contribution < 1.29 is 0 Å². The molecule has 0 bridgehead atoms. The Balaban J connectivity index is 2.76. The molecule has 1 atom stereocenters. The van der Waals surface area contributed by atoms with Crippen LogP contribution in [0.5, 0.6) is 0 Å². The van der Waals surface area contributed by atoms with Gasteiger partial charge < -0.3 is 0 Å². The van der Waals surface area contributed by atoms with Crippen LogP contribution in [0.25, 0.3) is 0 Å². The van der Waals surface area contributed by atoms with E-state index < -0.39 is 0 Å². The topological polar surface area (TPSA) is 0 Å². The maximum Gasteiger partial charge on any atom is 0.0449 e. The predicted molar refractivity (Wildman–Crippen MR) is 70.4 cm³/mol. The monoisotopic (exact) mass is 338 g/mol. The molecule has 0 aliphatic carbocycles. The van der Waals surface area contributed by atoms with Gasteiger partial charge in [-0.25, -0.2) is 0 Å². The third-order valence-corrected chi connectivity index (χ3v) is 4.08. The highest BCUT2D eigenvalue weighted by atomic mass is 79.9. The van der Waals surface area contributed by atoms with E-state index in [1.165, 1.54) is 12.0 Å². The molecule has 1 aromatic carbocycles. The van der Waals surface area contributed by atoms with Crippen molar-refractivity contribution in [1.29, 1.82) is 0 Å². The zero-order chi connectivity index (χ0) is 10.6. The van der Waals surface area contributed by atoms with E-state index in [0.29, 0.717) is 5.92 Å². The summed E-state index contributed by atoms with van der Waals surface area (Å²) in [6.07, 6.45) is 2.23. The largest absolute Gasteiger partial charge is 0.0925 e. The van der Waals surface area contributed by atoms with Crippen LogP contribution in [-0.4, -0.2) is 5.33 Å². The van der Waals surface area contributed by atoms with Gasteiger partial charge >= 0.3 is 0 Å². The summed E-state index contributed by atoms with van der Waals surface area (Å²) in [5, 5.41) is 1.90. The third-order valence-electron chi connectivity index (χ3n) is 2.32. The number of halogens is 3. The summed E-state index contributed by atoms with van der Waals surface area (Å²) in [5.74, 6) is 0.675. The van der Waals surface area contributed by atoms with Gasteiger partial charge in [-0.2, -0.15) is 0 Å². The molecule has 0 aliphatic heterocycles. The summed E-state index contributed by atoms with van der Waals surface area (Å²) in [6, 6.07) is 6.09. The number of benzene rings is 1. The molecule has 3 heteroatoms. The summed E-state index contributed by atoms with van der Waals surface area (Å²) in [7, 11) is 0. The van der Waals surface area contributed by atoms with E-state index in [4.69, 9.17) is 11.6 Å². The van der Waals surface area contributed by atoms with Crippen molar-refractivity contribution in [3.63, 3.8) is 0 Å². The first-order valence-electron chi connectivity index (χ1n) is 4.67. The molecule has 0 amide bonds. The standard InChI is InChI=1S/C11H13Br2Cl/c1-2-8(7-12)5-9-3-4-10(13)6-11(9)14/h3-4,6,8H,2,5,7H2,1H3. The maximum absolute atomic E-state index is 6.14. The van der Waals surface area contributed by atoms with Crippen molar-refractivity contribution in [2.45, 2.75) is 19.8 Å². The van der Waals surface area contributed by atoms with Gasteiger partial charge in [-0.3, -0.25) is 0 Å². The Labute approximate surface area is 107 Å². The number of hydrogen-bond donors (Lipinski definition) is 0. The summed E-state index contributed by atoms with van der Waals surface area (Å²) >= 11 is 13.1. The Morgan fingerprint density at radius 3 is 2.64 bits per heavy atom. The van der Waals surface area contributed by atoms with Crippen LogP contribution in [0.4, 0.5) is 0 Å². The van der Waals surface area contributed by atoms with Gasteiger partial charge in [-0.15, -0.1) is 0 Å². The second-order valence-corrected chi connectivity index (χ2v) is 5.34. The smallest absolute Gasteiger partial charge is 0.0449 e. The van der Waals surface area contributed by atoms with Crippen molar-refractivity contribution in [3.8, 4) is 0 Å². The van der Waals surface area contributed by atoms with E-state index in [1.807, 2.05) is 12.1 Å². The minimum atomic E-state index is 0.675. The molecule has 78 valence electrons. The van der Waals surface area contributed by atoms with Crippen LogP contribution < -0.4 is 0 Å². The predicted octanol–water partition coefficient (Wildman–Crippen LogP) is 5.07. The zero-order valence-corrected chi connectivity index (χ0v) is 12.0. The SMILES string of the molecule is CCC(CBr)Cc1ccc(Br)cc1Cl. The third kappa shape index (κ3) is 3.56. The summed E-state index contributed by atoms with van der Waals surface area (Å²) in [6.45, 7) is 2.21. The quantitative estimate of drug-likeness (QED) is 0.672. The van der Waals surface area contributed by atoms with E-state index in [-0.39, 0.29) is 0 Å². The van der Waals surface area contributed by atoms with Crippen molar-refractivity contribution in [1.82, 2.24) is 0 Å². The van der Waals surface area contributed by atoms with Crippen LogP contribution in [0.2, 0.25) is 5.02 Å². The van der Waals surface area contributed by atoms with Crippen molar-refractivity contribution in [2.75, 3.05) is 5.33 Å². The first-order valence-corrected chi connectivity index (χ1v) is 6.96. The molecule has 0 saturated heterocycles. The van der Waals surface area contributed by atoms with Crippen LogP contribution in [0.15, 0.2) is 22.7 Å². The number of alkyl halides is 1. The second-order valence-electron chi connectivity index (χ2n) is 3.37. The Kier molecular flexibility index (Phi) is 5.50. The van der Waals surface area contributed by atoms with Crippen LogP contribution in [0.1, 0.15) is 18.9 Å². The first-order chi connectivity index (χ1) is 6.67. The van der Waals surface area contributed by atoms with E-state index in [1.54, 1.807) is 0 Å². The second kappa shape index (κ2) is 6.14. The van der Waals surface area contributed by atoms with Crippen molar-refractivity contribution >= 4 is 43.5 Å². The van der Waals surface area contributed by atoms with Crippen LogP contribution in [0.3, 0.4) is 0 Å². The lowest BCUT2D eigenvalue weighted by Crippen LogP contribution is -2.04. The molecule has 0 radical (unpaired) electrons. The summed E-state index contributed by atoms with van der Waals surface area (Å²) in [4.78, 5) is 0. The molecule has 14 heavy (non-hydrogen) atoms. The lowest BCUT2D eigenvalue weighted by Gasteiger charge is -2.12. The van der Waals surface area contributed by atoms with E-state index in [2.05, 4.69) is 44.8 Å². The van der Waals surface area contributed by atoms with Gasteiger partial charge in [0.25, 0.3) is 0 Å². The fourth-order valence-electron chi connectivity index (χ4n) is 1.31. The number of hydrogen-bond acceptors (Lipinski definition) is 0. The van der Waals surface area contributed by atoms with Gasteiger partial charge in [0.05, 0.1) is 0 Å².